The van der Waals surface area contributed by atoms with Crippen LogP contribution in [0.5, 0.6) is 11.5 Å². The van der Waals surface area contributed by atoms with Crippen molar-refractivity contribution in [1.82, 2.24) is 4.90 Å². The van der Waals surface area contributed by atoms with E-state index < -0.39 is 11.2 Å². The van der Waals surface area contributed by atoms with Crippen LogP contribution in [-0.2, 0) is 11.8 Å². The first kappa shape index (κ1) is 17.6. The van der Waals surface area contributed by atoms with Gasteiger partial charge in [0.25, 0.3) is 0 Å². The first-order valence-corrected chi connectivity index (χ1v) is 10.6. The molecule has 0 saturated carbocycles. The molecule has 5 atom stereocenters. The number of hydrogen-bond donors (Lipinski definition) is 2. The molecular weight excluding hydrogens is 338 g/mol. The zero-order chi connectivity index (χ0) is 19.0. The number of benzene rings is 1. The van der Waals surface area contributed by atoms with E-state index in [9.17, 15) is 10.2 Å². The molecule has 1 saturated heterocycles. The summed E-state index contributed by atoms with van der Waals surface area (Å²) < 4.78 is 6.77. The summed E-state index contributed by atoms with van der Waals surface area (Å²) in [6, 6.07) is 4.29. The number of likely N-dealkylation sites (tertiary alicyclic amines) is 1. The molecular formula is C23H31NO3. The third-order valence-electron chi connectivity index (χ3n) is 8.02. The number of aromatic hydroxyl groups is 1. The molecule has 0 unspecified atom stereocenters. The van der Waals surface area contributed by atoms with Gasteiger partial charge in [0.15, 0.2) is 17.1 Å². The van der Waals surface area contributed by atoms with E-state index in [1.165, 1.54) is 11.1 Å². The fourth-order valence-electron chi connectivity index (χ4n) is 7.07. The van der Waals surface area contributed by atoms with Gasteiger partial charge in [0.1, 0.15) is 5.60 Å². The molecule has 1 spiro atoms. The zero-order valence-corrected chi connectivity index (χ0v) is 16.7. The molecule has 2 aliphatic carbocycles. The van der Waals surface area contributed by atoms with Crippen molar-refractivity contribution in [1.29, 1.82) is 0 Å². The summed E-state index contributed by atoms with van der Waals surface area (Å²) in [5.74, 6) is 1.19. The number of phenols is 1. The fourth-order valence-corrected chi connectivity index (χ4v) is 7.07. The van der Waals surface area contributed by atoms with E-state index in [1.54, 1.807) is 6.07 Å². The normalized spacial score (nSPS) is 41.3. The van der Waals surface area contributed by atoms with Gasteiger partial charge in [-0.15, -0.1) is 0 Å². The van der Waals surface area contributed by atoms with Crippen molar-refractivity contribution in [3.8, 4) is 11.5 Å². The average Bonchev–Trinajstić information content (AvgIpc) is 2.94. The quantitative estimate of drug-likeness (QED) is 0.797. The molecule has 2 heterocycles. The molecule has 1 aromatic rings. The van der Waals surface area contributed by atoms with Crippen LogP contribution >= 0.6 is 0 Å². The Balaban J connectivity index is 1.86. The van der Waals surface area contributed by atoms with Crippen molar-refractivity contribution in [2.45, 2.75) is 75.0 Å². The molecule has 4 heteroatoms. The molecule has 2 N–H and O–H groups in total. The number of likely N-dealkylation sites (N-methyl/N-ethyl adjacent to an activating group) is 1. The summed E-state index contributed by atoms with van der Waals surface area (Å²) in [7, 11) is 2.22. The van der Waals surface area contributed by atoms with Gasteiger partial charge in [-0.2, -0.15) is 0 Å². The maximum atomic E-state index is 12.0. The number of ether oxygens (including phenoxy) is 1. The van der Waals surface area contributed by atoms with Crippen molar-refractivity contribution in [2.75, 3.05) is 13.6 Å². The van der Waals surface area contributed by atoms with Gasteiger partial charge in [-0.25, -0.2) is 0 Å². The van der Waals surface area contributed by atoms with Gasteiger partial charge in [-0.05, 0) is 50.9 Å². The number of piperidine rings is 1. The SMILES string of the molecule is CCC[C@@]12Oc3c(O)ccc4c3[C@@]13CCN(C)[C@H](C4)[C@@H]3C=C[C@@]2(O)CCC. The molecule has 5 rings (SSSR count). The number of rotatable bonds is 4. The predicted octanol–water partition coefficient (Wildman–Crippen LogP) is 3.54. The summed E-state index contributed by atoms with van der Waals surface area (Å²) in [5, 5.41) is 22.7. The first-order valence-electron chi connectivity index (χ1n) is 10.6. The maximum Gasteiger partial charge on any atom is 0.166 e. The van der Waals surface area contributed by atoms with Gasteiger partial charge < -0.3 is 19.8 Å². The van der Waals surface area contributed by atoms with E-state index in [1.807, 2.05) is 0 Å². The zero-order valence-electron chi connectivity index (χ0n) is 16.7. The van der Waals surface area contributed by atoms with E-state index in [-0.39, 0.29) is 11.2 Å². The van der Waals surface area contributed by atoms with Crippen LogP contribution in [0.1, 0.15) is 57.1 Å². The van der Waals surface area contributed by atoms with Crippen molar-refractivity contribution in [3.05, 3.63) is 35.4 Å². The van der Waals surface area contributed by atoms with Crippen LogP contribution in [0.4, 0.5) is 0 Å². The van der Waals surface area contributed by atoms with Gasteiger partial charge in [-0.3, -0.25) is 0 Å². The largest absolute Gasteiger partial charge is 0.504 e. The lowest BCUT2D eigenvalue weighted by Crippen LogP contribution is -2.75. The lowest BCUT2D eigenvalue weighted by atomic mass is 9.45. The Morgan fingerprint density at radius 2 is 2.00 bits per heavy atom. The van der Waals surface area contributed by atoms with Crippen LogP contribution < -0.4 is 4.74 Å². The van der Waals surface area contributed by atoms with E-state index in [2.05, 4.69) is 44.0 Å². The summed E-state index contributed by atoms with van der Waals surface area (Å²) in [6.07, 6.45) is 9.60. The van der Waals surface area contributed by atoms with Crippen LogP contribution in [0.2, 0.25) is 0 Å². The highest BCUT2D eigenvalue weighted by atomic mass is 16.5. The summed E-state index contributed by atoms with van der Waals surface area (Å²) in [5.41, 5.74) is 0.543. The Hall–Kier alpha value is -1.52. The minimum absolute atomic E-state index is 0.225. The molecule has 27 heavy (non-hydrogen) atoms. The predicted molar refractivity (Wildman–Crippen MR) is 105 cm³/mol. The topological polar surface area (TPSA) is 52.9 Å². The van der Waals surface area contributed by atoms with Crippen LogP contribution in [-0.4, -0.2) is 45.9 Å². The van der Waals surface area contributed by atoms with Crippen LogP contribution in [0.3, 0.4) is 0 Å². The molecule has 146 valence electrons. The Kier molecular flexibility index (Phi) is 3.59. The highest BCUT2D eigenvalue weighted by Gasteiger charge is 2.75. The number of hydrogen-bond acceptors (Lipinski definition) is 4. The third-order valence-corrected chi connectivity index (χ3v) is 8.02. The van der Waals surface area contributed by atoms with Crippen molar-refractivity contribution in [3.63, 3.8) is 0 Å². The van der Waals surface area contributed by atoms with E-state index >= 15 is 0 Å². The molecule has 0 radical (unpaired) electrons. The van der Waals surface area contributed by atoms with Crippen LogP contribution in [0.15, 0.2) is 24.3 Å². The number of nitrogens with zero attached hydrogens (tertiary/aromatic N) is 1. The van der Waals surface area contributed by atoms with E-state index in [0.717, 1.165) is 38.6 Å². The third kappa shape index (κ3) is 1.82. The summed E-state index contributed by atoms with van der Waals surface area (Å²) in [4.78, 5) is 2.48. The van der Waals surface area contributed by atoms with Crippen LogP contribution in [0, 0.1) is 5.92 Å². The second-order valence-electron chi connectivity index (χ2n) is 9.16. The molecule has 2 aliphatic heterocycles. The summed E-state index contributed by atoms with van der Waals surface area (Å²) >= 11 is 0. The van der Waals surface area contributed by atoms with Crippen molar-refractivity contribution < 1.29 is 14.9 Å². The molecule has 0 aromatic heterocycles. The van der Waals surface area contributed by atoms with Gasteiger partial charge in [0.05, 0.1) is 5.41 Å². The fraction of sp³-hybridized carbons (Fsp3) is 0.652. The van der Waals surface area contributed by atoms with Gasteiger partial charge in [0.2, 0.25) is 0 Å². The van der Waals surface area contributed by atoms with Crippen LogP contribution in [0.25, 0.3) is 0 Å². The lowest BCUT2D eigenvalue weighted by Gasteiger charge is -2.64. The molecule has 4 aliphatic rings. The summed E-state index contributed by atoms with van der Waals surface area (Å²) in [6.45, 7) is 5.30. The van der Waals surface area contributed by atoms with E-state index in [4.69, 9.17) is 4.74 Å². The Bertz CT molecular complexity index is 820. The first-order chi connectivity index (χ1) is 12.9. The molecule has 4 nitrogen and oxygen atoms in total. The van der Waals surface area contributed by atoms with Crippen molar-refractivity contribution >= 4 is 0 Å². The second-order valence-corrected chi connectivity index (χ2v) is 9.16. The minimum atomic E-state index is -1.01. The van der Waals surface area contributed by atoms with Gasteiger partial charge in [-0.1, -0.05) is 44.9 Å². The molecule has 1 aromatic carbocycles. The lowest BCUT2D eigenvalue weighted by molar-refractivity contribution is -0.179. The van der Waals surface area contributed by atoms with Gasteiger partial charge in [0, 0.05) is 17.5 Å². The number of aliphatic hydroxyl groups is 1. The minimum Gasteiger partial charge on any atom is -0.504 e. The molecule has 0 amide bonds. The maximum absolute atomic E-state index is 12.0. The Morgan fingerprint density at radius 1 is 1.22 bits per heavy atom. The van der Waals surface area contributed by atoms with Gasteiger partial charge >= 0.3 is 0 Å². The smallest absolute Gasteiger partial charge is 0.166 e. The molecule has 1 fully saturated rings. The van der Waals surface area contributed by atoms with E-state index in [0.29, 0.717) is 24.1 Å². The van der Waals surface area contributed by atoms with Crippen molar-refractivity contribution in [2.24, 2.45) is 5.92 Å². The standard InChI is InChI=1S/C23H31NO3/c1-4-9-21(26)11-8-16-17-14-15-6-7-18(25)20-19(15)22(16,12-13-24(17)3)23(21,27-20)10-5-2/h6-8,11,16-17,25-26H,4-5,9-10,12-14H2,1-3H3/t16-,17+,21-,22-,23-/m0/s1. The Labute approximate surface area is 161 Å². The monoisotopic (exact) mass is 369 g/mol. The average molecular weight is 370 g/mol. The Morgan fingerprint density at radius 3 is 2.74 bits per heavy atom. The number of phenolic OH excluding ortho intramolecular Hbond substituents is 1. The second kappa shape index (κ2) is 5.51. The highest BCUT2D eigenvalue weighted by Crippen LogP contribution is 2.69. The highest BCUT2D eigenvalue weighted by molar-refractivity contribution is 5.64. The molecule has 2 bridgehead atoms.